The fraction of sp³-hybridized carbons (Fsp3) is 0.455. The van der Waals surface area contributed by atoms with Crippen molar-refractivity contribution < 1.29 is 9.53 Å². The maximum Gasteiger partial charge on any atom is 0.239 e. The van der Waals surface area contributed by atoms with Crippen LogP contribution in [-0.2, 0) is 4.79 Å². The number of primary amides is 1. The van der Waals surface area contributed by atoms with Crippen LogP contribution in [0, 0.1) is 0 Å². The molecule has 0 saturated heterocycles. The van der Waals surface area contributed by atoms with Gasteiger partial charge in [0.05, 0.1) is 18.8 Å². The average molecular weight is 238 g/mol. The molecule has 1 amide bonds. The Balaban J connectivity index is 2.95. The molecule has 1 heterocycles. The number of hydrogen-bond acceptors (Lipinski definition) is 5. The van der Waals surface area contributed by atoms with Gasteiger partial charge in [0.2, 0.25) is 11.8 Å². The second kappa shape index (κ2) is 5.93. The topological polar surface area (TPSA) is 94.5 Å². The fourth-order valence-electron chi connectivity index (χ4n) is 1.41. The average Bonchev–Trinajstić information content (AvgIpc) is 2.29. The fourth-order valence-corrected chi connectivity index (χ4v) is 1.41. The van der Waals surface area contributed by atoms with E-state index >= 15 is 0 Å². The lowest BCUT2D eigenvalue weighted by Gasteiger charge is -2.20. The normalized spacial score (nSPS) is 10.0. The van der Waals surface area contributed by atoms with Crippen LogP contribution in [0.15, 0.2) is 12.1 Å². The first-order valence-corrected chi connectivity index (χ1v) is 5.51. The minimum Gasteiger partial charge on any atom is -0.476 e. The Morgan fingerprint density at radius 1 is 1.47 bits per heavy atom. The molecule has 0 bridgehead atoms. The Morgan fingerprint density at radius 2 is 2.18 bits per heavy atom. The lowest BCUT2D eigenvalue weighted by Crippen LogP contribution is -2.34. The standard InChI is InChI=1S/C11H18N4O2/c1-3-15(7-9(13)16)10-6-5-8(12)11(14-10)17-4-2/h5-6H,3-4,7,12H2,1-2H3,(H2,13,16). The van der Waals surface area contributed by atoms with Gasteiger partial charge in [-0.05, 0) is 26.0 Å². The molecule has 4 N–H and O–H groups in total. The van der Waals surface area contributed by atoms with Crippen molar-refractivity contribution in [2.75, 3.05) is 30.3 Å². The highest BCUT2D eigenvalue weighted by Crippen LogP contribution is 2.22. The van der Waals surface area contributed by atoms with E-state index in [-0.39, 0.29) is 6.54 Å². The SMILES string of the molecule is CCOc1nc(N(CC)CC(N)=O)ccc1N. The lowest BCUT2D eigenvalue weighted by molar-refractivity contribution is -0.116. The maximum atomic E-state index is 10.9. The number of carbonyl (C=O) groups excluding carboxylic acids is 1. The van der Waals surface area contributed by atoms with Gasteiger partial charge in [-0.3, -0.25) is 4.79 Å². The monoisotopic (exact) mass is 238 g/mol. The Hall–Kier alpha value is -1.98. The molecule has 94 valence electrons. The Morgan fingerprint density at radius 3 is 2.71 bits per heavy atom. The molecule has 6 heteroatoms. The third kappa shape index (κ3) is 3.51. The zero-order valence-electron chi connectivity index (χ0n) is 10.1. The number of aromatic nitrogens is 1. The molecule has 1 rings (SSSR count). The van der Waals surface area contributed by atoms with Gasteiger partial charge in [0, 0.05) is 6.54 Å². The number of nitrogens with two attached hydrogens (primary N) is 2. The molecule has 0 aliphatic carbocycles. The molecule has 1 aromatic heterocycles. The highest BCUT2D eigenvalue weighted by molar-refractivity contribution is 5.79. The van der Waals surface area contributed by atoms with Gasteiger partial charge >= 0.3 is 0 Å². The largest absolute Gasteiger partial charge is 0.476 e. The molecule has 0 fully saturated rings. The first kappa shape index (κ1) is 13.1. The Kier molecular flexibility index (Phi) is 4.56. The van der Waals surface area contributed by atoms with Gasteiger partial charge in [0.25, 0.3) is 0 Å². The molecule has 1 aromatic rings. The summed E-state index contributed by atoms with van der Waals surface area (Å²) in [7, 11) is 0. The summed E-state index contributed by atoms with van der Waals surface area (Å²) in [4.78, 5) is 16.9. The summed E-state index contributed by atoms with van der Waals surface area (Å²) in [5.74, 6) is 0.611. The molecule has 0 aromatic carbocycles. The number of pyridine rings is 1. The van der Waals surface area contributed by atoms with E-state index in [2.05, 4.69) is 4.98 Å². The number of carbonyl (C=O) groups is 1. The molecular formula is C11H18N4O2. The molecular weight excluding hydrogens is 220 g/mol. The molecule has 0 saturated carbocycles. The van der Waals surface area contributed by atoms with E-state index in [0.29, 0.717) is 30.5 Å². The summed E-state index contributed by atoms with van der Waals surface area (Å²) in [6.45, 7) is 5.02. The van der Waals surface area contributed by atoms with E-state index in [4.69, 9.17) is 16.2 Å². The van der Waals surface area contributed by atoms with Crippen LogP contribution in [0.2, 0.25) is 0 Å². The third-order valence-electron chi connectivity index (χ3n) is 2.21. The Labute approximate surface area is 101 Å². The molecule has 0 aliphatic heterocycles. The van der Waals surface area contributed by atoms with Gasteiger partial charge in [-0.25, -0.2) is 0 Å². The van der Waals surface area contributed by atoms with Crippen LogP contribution < -0.4 is 21.1 Å². The van der Waals surface area contributed by atoms with Crippen molar-refractivity contribution in [3.63, 3.8) is 0 Å². The number of anilines is 2. The molecule has 17 heavy (non-hydrogen) atoms. The summed E-state index contributed by atoms with van der Waals surface area (Å²) in [5, 5.41) is 0. The predicted octanol–water partition coefficient (Wildman–Crippen LogP) is 0.374. The molecule has 0 aliphatic rings. The van der Waals surface area contributed by atoms with Crippen LogP contribution in [0.4, 0.5) is 11.5 Å². The predicted molar refractivity (Wildman–Crippen MR) is 66.9 cm³/mol. The van der Waals surface area contributed by atoms with Crippen LogP contribution in [0.5, 0.6) is 5.88 Å². The molecule has 0 unspecified atom stereocenters. The van der Waals surface area contributed by atoms with E-state index in [1.54, 1.807) is 17.0 Å². The number of amides is 1. The van der Waals surface area contributed by atoms with Crippen molar-refractivity contribution in [2.24, 2.45) is 5.73 Å². The van der Waals surface area contributed by atoms with E-state index < -0.39 is 5.91 Å². The van der Waals surface area contributed by atoms with Gasteiger partial charge in [0.1, 0.15) is 5.82 Å². The van der Waals surface area contributed by atoms with Crippen molar-refractivity contribution in [3.05, 3.63) is 12.1 Å². The number of nitrogen functional groups attached to an aromatic ring is 1. The quantitative estimate of drug-likeness (QED) is 0.746. The van der Waals surface area contributed by atoms with E-state index in [0.717, 1.165) is 0 Å². The van der Waals surface area contributed by atoms with Crippen LogP contribution in [0.1, 0.15) is 13.8 Å². The first-order valence-electron chi connectivity index (χ1n) is 5.51. The summed E-state index contributed by atoms with van der Waals surface area (Å²) < 4.78 is 5.30. The van der Waals surface area contributed by atoms with Crippen molar-refractivity contribution in [1.82, 2.24) is 4.98 Å². The second-order valence-corrected chi connectivity index (χ2v) is 3.48. The summed E-state index contributed by atoms with van der Waals surface area (Å²) in [5.41, 5.74) is 11.4. The molecule has 0 atom stereocenters. The minimum absolute atomic E-state index is 0.124. The van der Waals surface area contributed by atoms with Crippen molar-refractivity contribution in [3.8, 4) is 5.88 Å². The van der Waals surface area contributed by atoms with Crippen LogP contribution in [0.3, 0.4) is 0 Å². The first-order chi connectivity index (χ1) is 8.08. The van der Waals surface area contributed by atoms with Gasteiger partial charge in [0.15, 0.2) is 0 Å². The van der Waals surface area contributed by atoms with Gasteiger partial charge in [-0.1, -0.05) is 0 Å². The lowest BCUT2D eigenvalue weighted by atomic mass is 10.3. The van der Waals surface area contributed by atoms with Crippen LogP contribution in [0.25, 0.3) is 0 Å². The minimum atomic E-state index is -0.400. The summed E-state index contributed by atoms with van der Waals surface area (Å²) >= 11 is 0. The van der Waals surface area contributed by atoms with Crippen LogP contribution >= 0.6 is 0 Å². The smallest absolute Gasteiger partial charge is 0.239 e. The van der Waals surface area contributed by atoms with Gasteiger partial charge < -0.3 is 21.1 Å². The second-order valence-electron chi connectivity index (χ2n) is 3.48. The number of nitrogens with zero attached hydrogens (tertiary/aromatic N) is 2. The summed E-state index contributed by atoms with van der Waals surface area (Å²) in [6.07, 6.45) is 0. The number of ether oxygens (including phenoxy) is 1. The number of rotatable bonds is 6. The van der Waals surface area contributed by atoms with E-state index in [9.17, 15) is 4.79 Å². The van der Waals surface area contributed by atoms with Crippen molar-refractivity contribution in [2.45, 2.75) is 13.8 Å². The van der Waals surface area contributed by atoms with E-state index in [1.165, 1.54) is 0 Å². The maximum absolute atomic E-state index is 10.9. The highest BCUT2D eigenvalue weighted by Gasteiger charge is 2.11. The number of hydrogen-bond donors (Lipinski definition) is 2. The third-order valence-corrected chi connectivity index (χ3v) is 2.21. The molecule has 6 nitrogen and oxygen atoms in total. The van der Waals surface area contributed by atoms with Crippen molar-refractivity contribution in [1.29, 1.82) is 0 Å². The van der Waals surface area contributed by atoms with E-state index in [1.807, 2.05) is 13.8 Å². The van der Waals surface area contributed by atoms with Gasteiger partial charge in [-0.15, -0.1) is 0 Å². The number of likely N-dealkylation sites (N-methyl/N-ethyl adjacent to an activating group) is 1. The zero-order chi connectivity index (χ0) is 12.8. The Bertz CT molecular complexity index is 395. The highest BCUT2D eigenvalue weighted by atomic mass is 16.5. The molecule has 0 spiro atoms. The van der Waals surface area contributed by atoms with Crippen molar-refractivity contribution >= 4 is 17.4 Å². The zero-order valence-corrected chi connectivity index (χ0v) is 10.1. The van der Waals surface area contributed by atoms with Gasteiger partial charge in [-0.2, -0.15) is 4.98 Å². The van der Waals surface area contributed by atoms with Crippen LogP contribution in [-0.4, -0.2) is 30.6 Å². The molecule has 0 radical (unpaired) electrons. The summed E-state index contributed by atoms with van der Waals surface area (Å²) in [6, 6.07) is 3.45.